The van der Waals surface area contributed by atoms with Crippen molar-refractivity contribution in [1.82, 2.24) is 15.5 Å². The summed E-state index contributed by atoms with van der Waals surface area (Å²) >= 11 is 0. The van der Waals surface area contributed by atoms with Crippen LogP contribution in [0.2, 0.25) is 0 Å². The molecule has 1 aliphatic heterocycles. The van der Waals surface area contributed by atoms with Crippen LogP contribution >= 0.6 is 0 Å². The molecule has 1 saturated heterocycles. The third kappa shape index (κ3) is 7.10. The van der Waals surface area contributed by atoms with Gasteiger partial charge in [0.05, 0.1) is 0 Å². The topological polar surface area (TPSA) is 48.9 Å². The lowest BCUT2D eigenvalue weighted by Crippen LogP contribution is -2.44. The lowest BCUT2D eigenvalue weighted by atomic mass is 10.2. The van der Waals surface area contributed by atoms with Gasteiger partial charge in [0.15, 0.2) is 5.96 Å². The second-order valence-electron chi connectivity index (χ2n) is 5.98. The molecule has 1 unspecified atom stereocenters. The van der Waals surface area contributed by atoms with Gasteiger partial charge in [-0.15, -0.1) is 0 Å². The predicted molar refractivity (Wildman–Crippen MR) is 85.3 cm³/mol. The van der Waals surface area contributed by atoms with E-state index < -0.39 is 0 Å². The molecule has 5 nitrogen and oxygen atoms in total. The highest BCUT2D eigenvalue weighted by atomic mass is 16.5. The molecule has 1 atom stereocenters. The van der Waals surface area contributed by atoms with E-state index in [1.807, 2.05) is 7.05 Å². The Morgan fingerprint density at radius 3 is 2.80 bits per heavy atom. The summed E-state index contributed by atoms with van der Waals surface area (Å²) in [6.07, 6.45) is 3.60. The molecule has 1 rings (SSSR count). The Labute approximate surface area is 124 Å². The summed E-state index contributed by atoms with van der Waals surface area (Å²) in [4.78, 5) is 6.67. The average molecular weight is 284 g/mol. The second kappa shape index (κ2) is 10.00. The van der Waals surface area contributed by atoms with Crippen LogP contribution < -0.4 is 10.6 Å². The van der Waals surface area contributed by atoms with E-state index in [0.717, 1.165) is 38.7 Å². The number of likely N-dealkylation sites (tertiary alicyclic amines) is 1. The van der Waals surface area contributed by atoms with Crippen LogP contribution in [0.5, 0.6) is 0 Å². The molecule has 2 N–H and O–H groups in total. The van der Waals surface area contributed by atoms with Crippen LogP contribution in [0.3, 0.4) is 0 Å². The summed E-state index contributed by atoms with van der Waals surface area (Å²) in [5.41, 5.74) is 0. The molecule has 1 fully saturated rings. The Kier molecular flexibility index (Phi) is 8.62. The molecule has 0 aromatic carbocycles. The summed E-state index contributed by atoms with van der Waals surface area (Å²) in [5, 5.41) is 6.74. The molecular weight excluding hydrogens is 252 g/mol. The number of likely N-dealkylation sites (N-methyl/N-ethyl adjacent to an activating group) is 1. The lowest BCUT2D eigenvalue weighted by molar-refractivity contribution is 0.108. The average Bonchev–Trinajstić information content (AvgIpc) is 2.82. The van der Waals surface area contributed by atoms with Gasteiger partial charge in [0.2, 0.25) is 0 Å². The number of aliphatic imine (C=N–C) groups is 1. The van der Waals surface area contributed by atoms with E-state index in [0.29, 0.717) is 12.0 Å². The Morgan fingerprint density at radius 2 is 2.20 bits per heavy atom. The maximum absolute atomic E-state index is 5.56. The zero-order valence-electron chi connectivity index (χ0n) is 13.6. The van der Waals surface area contributed by atoms with Crippen molar-refractivity contribution in [3.05, 3.63) is 0 Å². The Bertz CT molecular complexity index is 281. The van der Waals surface area contributed by atoms with Crippen molar-refractivity contribution in [2.24, 2.45) is 10.9 Å². The summed E-state index contributed by atoms with van der Waals surface area (Å²) in [6, 6.07) is 0.642. The van der Waals surface area contributed by atoms with Gasteiger partial charge in [0.1, 0.15) is 0 Å². The minimum absolute atomic E-state index is 0.612. The van der Waals surface area contributed by atoms with Gasteiger partial charge in [-0.2, -0.15) is 0 Å². The number of nitrogens with one attached hydrogen (secondary N) is 2. The van der Waals surface area contributed by atoms with E-state index in [1.54, 1.807) is 0 Å². The lowest BCUT2D eigenvalue weighted by Gasteiger charge is -2.21. The number of hydrogen-bond acceptors (Lipinski definition) is 3. The number of ether oxygens (including phenoxy) is 1. The first-order chi connectivity index (χ1) is 9.63. The van der Waals surface area contributed by atoms with Gasteiger partial charge in [-0.3, -0.25) is 4.99 Å². The van der Waals surface area contributed by atoms with Gasteiger partial charge < -0.3 is 20.3 Å². The molecule has 0 radical (unpaired) electrons. The van der Waals surface area contributed by atoms with Gasteiger partial charge in [0, 0.05) is 39.4 Å². The Balaban J connectivity index is 2.05. The Morgan fingerprint density at radius 1 is 1.40 bits per heavy atom. The molecule has 0 aliphatic carbocycles. The van der Waals surface area contributed by atoms with Crippen molar-refractivity contribution in [3.8, 4) is 0 Å². The minimum Gasteiger partial charge on any atom is -0.381 e. The Hall–Kier alpha value is -0.810. The van der Waals surface area contributed by atoms with E-state index in [1.165, 1.54) is 19.4 Å². The van der Waals surface area contributed by atoms with E-state index in [9.17, 15) is 0 Å². The second-order valence-corrected chi connectivity index (χ2v) is 5.98. The maximum Gasteiger partial charge on any atom is 0.191 e. The molecular formula is C15H32N4O. The van der Waals surface area contributed by atoms with Crippen molar-refractivity contribution in [2.45, 2.75) is 39.2 Å². The van der Waals surface area contributed by atoms with Crippen LogP contribution in [0.4, 0.5) is 0 Å². The first-order valence-electron chi connectivity index (χ1n) is 7.86. The fourth-order valence-electron chi connectivity index (χ4n) is 2.37. The van der Waals surface area contributed by atoms with Crippen molar-refractivity contribution < 1.29 is 4.74 Å². The molecule has 0 spiro atoms. The number of hydrogen-bond donors (Lipinski definition) is 2. The molecule has 1 aliphatic rings. The smallest absolute Gasteiger partial charge is 0.191 e. The summed E-state index contributed by atoms with van der Waals surface area (Å²) < 4.78 is 5.56. The van der Waals surface area contributed by atoms with Crippen molar-refractivity contribution in [2.75, 3.05) is 46.9 Å². The number of nitrogens with zero attached hydrogens (tertiary/aromatic N) is 2. The fourth-order valence-corrected chi connectivity index (χ4v) is 2.37. The van der Waals surface area contributed by atoms with Crippen LogP contribution in [0.15, 0.2) is 4.99 Å². The van der Waals surface area contributed by atoms with Gasteiger partial charge in [-0.25, -0.2) is 0 Å². The molecule has 0 amide bonds. The molecule has 0 bridgehead atoms. The minimum atomic E-state index is 0.612. The van der Waals surface area contributed by atoms with Crippen LogP contribution in [-0.2, 0) is 4.74 Å². The normalized spacial score (nSPS) is 20.6. The predicted octanol–water partition coefficient (Wildman–Crippen LogP) is 1.31. The molecule has 118 valence electrons. The van der Waals surface area contributed by atoms with E-state index in [2.05, 4.69) is 41.4 Å². The molecule has 0 aromatic heterocycles. The first kappa shape index (κ1) is 17.2. The van der Waals surface area contributed by atoms with Crippen molar-refractivity contribution >= 4 is 5.96 Å². The van der Waals surface area contributed by atoms with Gasteiger partial charge in [0.25, 0.3) is 0 Å². The molecule has 5 heteroatoms. The summed E-state index contributed by atoms with van der Waals surface area (Å²) in [7, 11) is 4.02. The fraction of sp³-hybridized carbons (Fsp3) is 0.933. The van der Waals surface area contributed by atoms with E-state index in [-0.39, 0.29) is 0 Å². The third-order valence-corrected chi connectivity index (χ3v) is 3.61. The van der Waals surface area contributed by atoms with E-state index >= 15 is 0 Å². The molecule has 20 heavy (non-hydrogen) atoms. The highest BCUT2D eigenvalue weighted by Gasteiger charge is 2.20. The number of rotatable bonds is 8. The monoisotopic (exact) mass is 284 g/mol. The SMILES string of the molecule is CN=C(NCCCOCC(C)C)NCC1CCCN1C. The zero-order valence-corrected chi connectivity index (χ0v) is 13.6. The van der Waals surface area contributed by atoms with Gasteiger partial charge in [-0.05, 0) is 38.8 Å². The quantitative estimate of drug-likeness (QED) is 0.401. The standard InChI is InChI=1S/C15H32N4O/c1-13(2)12-20-10-6-8-17-15(16-3)18-11-14-7-5-9-19(14)4/h13-14H,5-12H2,1-4H3,(H2,16,17,18). The highest BCUT2D eigenvalue weighted by Crippen LogP contribution is 2.13. The third-order valence-electron chi connectivity index (χ3n) is 3.61. The highest BCUT2D eigenvalue weighted by molar-refractivity contribution is 5.79. The van der Waals surface area contributed by atoms with Crippen LogP contribution in [0.1, 0.15) is 33.1 Å². The largest absolute Gasteiger partial charge is 0.381 e. The summed E-state index contributed by atoms with van der Waals surface area (Å²) in [5.74, 6) is 1.51. The molecule has 0 saturated carbocycles. The van der Waals surface area contributed by atoms with Crippen LogP contribution in [0, 0.1) is 5.92 Å². The van der Waals surface area contributed by atoms with Crippen LogP contribution in [-0.4, -0.2) is 63.8 Å². The number of guanidine groups is 1. The van der Waals surface area contributed by atoms with Gasteiger partial charge >= 0.3 is 0 Å². The summed E-state index contributed by atoms with van der Waals surface area (Å²) in [6.45, 7) is 9.09. The molecule has 0 aromatic rings. The maximum atomic E-state index is 5.56. The zero-order chi connectivity index (χ0) is 14.8. The van der Waals surface area contributed by atoms with Crippen molar-refractivity contribution in [3.63, 3.8) is 0 Å². The van der Waals surface area contributed by atoms with Gasteiger partial charge in [-0.1, -0.05) is 13.8 Å². The van der Waals surface area contributed by atoms with Crippen LogP contribution in [0.25, 0.3) is 0 Å². The first-order valence-corrected chi connectivity index (χ1v) is 7.86. The van der Waals surface area contributed by atoms with E-state index in [4.69, 9.17) is 4.74 Å². The van der Waals surface area contributed by atoms with Crippen molar-refractivity contribution in [1.29, 1.82) is 0 Å². The molecule has 1 heterocycles.